The third kappa shape index (κ3) is 4.43. The normalized spacial score (nSPS) is 12.8. The minimum Gasteiger partial charge on any atom is -0.465 e. The molecule has 0 atom stereocenters. The Morgan fingerprint density at radius 1 is 0.750 bits per heavy atom. The molecule has 0 N–H and O–H groups in total. The summed E-state index contributed by atoms with van der Waals surface area (Å²) in [5.74, 6) is -23.7. The molecule has 1 aromatic carbocycles. The first-order valence-electron chi connectivity index (χ1n) is 7.61. The highest BCUT2D eigenvalue weighted by molar-refractivity contribution is 6.03. The molecule has 1 rings (SSSR count). The lowest BCUT2D eigenvalue weighted by atomic mass is 9.93. The van der Waals surface area contributed by atoms with Gasteiger partial charge in [0.1, 0.15) is 0 Å². The van der Waals surface area contributed by atoms with Crippen molar-refractivity contribution in [1.29, 1.82) is 0 Å². The van der Waals surface area contributed by atoms with Gasteiger partial charge in [-0.1, -0.05) is 6.07 Å². The number of carbonyl (C=O) groups is 2. The van der Waals surface area contributed by atoms with Gasteiger partial charge in [-0.3, -0.25) is 0 Å². The first kappa shape index (κ1) is 27.0. The predicted molar refractivity (Wildman–Crippen MR) is 79.3 cm³/mol. The van der Waals surface area contributed by atoms with E-state index in [1.54, 1.807) is 0 Å². The van der Waals surface area contributed by atoms with Crippen molar-refractivity contribution in [2.75, 3.05) is 14.2 Å². The second-order valence-electron chi connectivity index (χ2n) is 5.62. The fourth-order valence-electron chi connectivity index (χ4n) is 2.08. The number of halogens is 11. The van der Waals surface area contributed by atoms with Crippen molar-refractivity contribution in [3.05, 3.63) is 47.0 Å². The highest BCUT2D eigenvalue weighted by Gasteiger charge is 2.83. The van der Waals surface area contributed by atoms with E-state index in [0.717, 1.165) is 7.11 Å². The van der Waals surface area contributed by atoms with E-state index in [4.69, 9.17) is 0 Å². The monoisotopic (exact) mass is 490 g/mol. The van der Waals surface area contributed by atoms with E-state index in [2.05, 4.69) is 14.2 Å². The van der Waals surface area contributed by atoms with Crippen LogP contribution in [0.25, 0.3) is 0 Å². The molecule has 0 aliphatic heterocycles. The van der Waals surface area contributed by atoms with Crippen LogP contribution < -0.4 is 0 Å². The summed E-state index contributed by atoms with van der Waals surface area (Å²) in [6.45, 7) is 0. The number of hydrogen-bond acceptors (Lipinski definition) is 5. The molecule has 1 aromatic rings. The van der Waals surface area contributed by atoms with Crippen LogP contribution in [0, 0.1) is 0 Å². The van der Waals surface area contributed by atoms with Gasteiger partial charge < -0.3 is 14.2 Å². The van der Waals surface area contributed by atoms with Crippen molar-refractivity contribution in [3.8, 4) is 0 Å². The minimum atomic E-state index is -7.29. The van der Waals surface area contributed by atoms with Crippen LogP contribution in [0.3, 0.4) is 0 Å². The topological polar surface area (TPSA) is 61.8 Å². The first-order valence-corrected chi connectivity index (χ1v) is 7.61. The molecule has 0 saturated carbocycles. The number of benzene rings is 1. The molecular weight excluding hydrogens is 481 g/mol. The quantitative estimate of drug-likeness (QED) is 0.283. The van der Waals surface area contributed by atoms with Crippen LogP contribution in [0.2, 0.25) is 0 Å². The van der Waals surface area contributed by atoms with E-state index >= 15 is 0 Å². The highest BCUT2D eigenvalue weighted by Crippen LogP contribution is 2.57. The third-order valence-electron chi connectivity index (χ3n) is 3.71. The van der Waals surface area contributed by atoms with Gasteiger partial charge in [0.15, 0.2) is 0 Å². The largest absolute Gasteiger partial charge is 0.472 e. The van der Waals surface area contributed by atoms with E-state index in [1.807, 2.05) is 0 Å². The second-order valence-corrected chi connectivity index (χ2v) is 5.62. The molecule has 32 heavy (non-hydrogen) atoms. The fourth-order valence-corrected chi connectivity index (χ4v) is 2.08. The van der Waals surface area contributed by atoms with Crippen molar-refractivity contribution < 1.29 is 72.1 Å². The van der Waals surface area contributed by atoms with Crippen LogP contribution in [0.4, 0.5) is 48.3 Å². The summed E-state index contributed by atoms with van der Waals surface area (Å²) in [6.07, 6.45) is -10.7. The number of methoxy groups -OCH3 is 2. The lowest BCUT2D eigenvalue weighted by Crippen LogP contribution is -2.61. The van der Waals surface area contributed by atoms with Crippen molar-refractivity contribution in [1.82, 2.24) is 0 Å². The van der Waals surface area contributed by atoms with Crippen LogP contribution in [0.5, 0.6) is 0 Å². The maximum Gasteiger partial charge on any atom is 0.472 e. The predicted octanol–water partition coefficient (Wildman–Crippen LogP) is 5.27. The average Bonchev–Trinajstić information content (AvgIpc) is 2.71. The number of ether oxygens (including phenoxy) is 3. The Bertz CT molecular complexity index is 923. The Morgan fingerprint density at radius 2 is 1.22 bits per heavy atom. The molecule has 0 aliphatic carbocycles. The summed E-state index contributed by atoms with van der Waals surface area (Å²) in [7, 11) is 1.41. The molecule has 180 valence electrons. The SMILES string of the molecule is COC(=O)c1ccc(C(F)(F)C(F)(F)C(F)(F)C(F)(F)OC(F)=C(F)F)cc1C(=O)OC. The van der Waals surface area contributed by atoms with Gasteiger partial charge in [-0.15, -0.1) is 0 Å². The lowest BCUT2D eigenvalue weighted by Gasteiger charge is -2.36. The number of rotatable bonds is 8. The summed E-state index contributed by atoms with van der Waals surface area (Å²) in [4.78, 5) is 23.2. The molecule has 0 fully saturated rings. The molecule has 0 unspecified atom stereocenters. The van der Waals surface area contributed by atoms with Crippen LogP contribution >= 0.6 is 0 Å². The van der Waals surface area contributed by atoms with Gasteiger partial charge in [0.2, 0.25) is 0 Å². The van der Waals surface area contributed by atoms with Gasteiger partial charge in [-0.2, -0.15) is 48.3 Å². The molecule has 0 bridgehead atoms. The number of carbonyl (C=O) groups excluding carboxylic acids is 2. The van der Waals surface area contributed by atoms with Crippen molar-refractivity contribution >= 4 is 11.9 Å². The summed E-state index contributed by atoms with van der Waals surface area (Å²) < 4.78 is 157. The molecule has 0 heterocycles. The molecular formula is C16H9F11O5. The average molecular weight is 490 g/mol. The maximum atomic E-state index is 14.3. The molecule has 0 radical (unpaired) electrons. The van der Waals surface area contributed by atoms with Crippen molar-refractivity contribution in [2.45, 2.75) is 23.9 Å². The van der Waals surface area contributed by atoms with Crippen LogP contribution in [-0.4, -0.2) is 44.1 Å². The van der Waals surface area contributed by atoms with Gasteiger partial charge >= 0.3 is 47.9 Å². The van der Waals surface area contributed by atoms with Crippen molar-refractivity contribution in [2.24, 2.45) is 0 Å². The summed E-state index contributed by atoms with van der Waals surface area (Å²) >= 11 is 0. The Hall–Kier alpha value is -3.07. The zero-order chi connectivity index (χ0) is 25.3. The number of hydrogen-bond donors (Lipinski definition) is 0. The smallest absolute Gasteiger partial charge is 0.465 e. The van der Waals surface area contributed by atoms with Gasteiger partial charge in [-0.25, -0.2) is 9.59 Å². The molecule has 0 spiro atoms. The van der Waals surface area contributed by atoms with E-state index in [1.165, 1.54) is 0 Å². The van der Waals surface area contributed by atoms with Gasteiger partial charge in [-0.05, 0) is 12.1 Å². The molecule has 0 aliphatic rings. The van der Waals surface area contributed by atoms with Gasteiger partial charge in [0.25, 0.3) is 0 Å². The Labute approximate surface area is 170 Å². The zero-order valence-electron chi connectivity index (χ0n) is 15.4. The van der Waals surface area contributed by atoms with Crippen LogP contribution in [-0.2, 0) is 20.1 Å². The zero-order valence-corrected chi connectivity index (χ0v) is 15.4. The van der Waals surface area contributed by atoms with E-state index < -0.39 is 64.6 Å². The summed E-state index contributed by atoms with van der Waals surface area (Å²) in [5.41, 5.74) is -4.26. The molecule has 0 aromatic heterocycles. The van der Waals surface area contributed by atoms with Crippen LogP contribution in [0.1, 0.15) is 26.3 Å². The molecule has 5 nitrogen and oxygen atoms in total. The molecule has 16 heteroatoms. The minimum absolute atomic E-state index is 0.108. The first-order chi connectivity index (χ1) is 14.4. The lowest BCUT2D eigenvalue weighted by molar-refractivity contribution is -0.426. The van der Waals surface area contributed by atoms with Gasteiger partial charge in [0.05, 0.1) is 25.3 Å². The standard InChI is InChI=1S/C16H9F11O5/c1-30-11(28)7-4-3-6(5-8(7)12(29)31-2)13(20,21)14(22,23)15(24,25)16(26,27)32-10(19)9(17)18/h3-5H,1-2H3. The maximum absolute atomic E-state index is 14.3. The van der Waals surface area contributed by atoms with Gasteiger partial charge in [0, 0.05) is 5.56 Å². The van der Waals surface area contributed by atoms with Crippen molar-refractivity contribution in [3.63, 3.8) is 0 Å². The molecule has 0 saturated heterocycles. The second kappa shape index (κ2) is 8.82. The number of alkyl halides is 8. The number of esters is 2. The third-order valence-corrected chi connectivity index (χ3v) is 3.71. The molecule has 0 amide bonds. The Kier molecular flexibility index (Phi) is 7.43. The van der Waals surface area contributed by atoms with E-state index in [-0.39, 0.29) is 18.2 Å². The Morgan fingerprint density at radius 3 is 1.66 bits per heavy atom. The fraction of sp³-hybridized carbons (Fsp3) is 0.375. The summed E-state index contributed by atoms with van der Waals surface area (Å²) in [6, 6.07) is -3.83. The Balaban J connectivity index is 3.64. The van der Waals surface area contributed by atoms with E-state index in [9.17, 15) is 57.9 Å². The highest BCUT2D eigenvalue weighted by atomic mass is 19.4. The van der Waals surface area contributed by atoms with Crippen LogP contribution in [0.15, 0.2) is 30.3 Å². The summed E-state index contributed by atoms with van der Waals surface area (Å²) in [5, 5.41) is 0. The van der Waals surface area contributed by atoms with E-state index in [0.29, 0.717) is 7.11 Å².